The molecule has 4 nitrogen and oxygen atoms in total. The summed E-state index contributed by atoms with van der Waals surface area (Å²) in [5.41, 5.74) is 2.04. The van der Waals surface area contributed by atoms with Crippen LogP contribution >= 0.6 is 0 Å². The van der Waals surface area contributed by atoms with Gasteiger partial charge in [-0.25, -0.2) is 0 Å². The van der Waals surface area contributed by atoms with Gasteiger partial charge < -0.3 is 9.47 Å². The quantitative estimate of drug-likeness (QED) is 0.390. The lowest BCUT2D eigenvalue weighted by Crippen LogP contribution is -2.25. The average molecular weight is 378 g/mol. The summed E-state index contributed by atoms with van der Waals surface area (Å²) in [4.78, 5) is 24.7. The predicted molar refractivity (Wildman–Crippen MR) is 110 cm³/mol. The molecule has 1 heterocycles. The largest absolute Gasteiger partial charge is 0.452 e. The van der Waals surface area contributed by atoms with Crippen molar-refractivity contribution in [2.24, 2.45) is 5.41 Å². The van der Waals surface area contributed by atoms with Crippen molar-refractivity contribution >= 4 is 17.8 Å². The molecule has 2 aromatic carbocycles. The van der Waals surface area contributed by atoms with Crippen LogP contribution in [0.1, 0.15) is 63.0 Å². The minimum Gasteiger partial charge on any atom is -0.452 e. The van der Waals surface area contributed by atoms with E-state index in [0.29, 0.717) is 17.1 Å². The van der Waals surface area contributed by atoms with Crippen LogP contribution < -0.4 is 9.47 Å². The van der Waals surface area contributed by atoms with Crippen LogP contribution in [0.4, 0.5) is 0 Å². The molecule has 0 unspecified atom stereocenters. The molecule has 2 aromatic rings. The number of carbonyl (C=O) groups is 2. The van der Waals surface area contributed by atoms with Gasteiger partial charge in [0, 0.05) is 6.07 Å². The van der Waals surface area contributed by atoms with Crippen LogP contribution in [0.15, 0.2) is 48.2 Å². The second kappa shape index (κ2) is 6.93. The summed E-state index contributed by atoms with van der Waals surface area (Å²) >= 11 is 0. The van der Waals surface area contributed by atoms with E-state index in [1.807, 2.05) is 12.1 Å². The van der Waals surface area contributed by atoms with Crippen LogP contribution in [-0.2, 0) is 10.2 Å². The highest BCUT2D eigenvalue weighted by Crippen LogP contribution is 2.35. The van der Waals surface area contributed by atoms with E-state index in [1.54, 1.807) is 45.0 Å². The Morgan fingerprint density at radius 1 is 0.964 bits per heavy atom. The molecule has 0 bridgehead atoms. The zero-order valence-electron chi connectivity index (χ0n) is 17.3. The number of benzene rings is 2. The first-order valence-corrected chi connectivity index (χ1v) is 9.36. The monoisotopic (exact) mass is 378 g/mol. The maximum absolute atomic E-state index is 12.6. The number of ketones is 1. The van der Waals surface area contributed by atoms with Crippen LogP contribution in [0.3, 0.4) is 0 Å². The SMILES string of the molecule is CC(C)(C)C(=O)Oc1ccc2c(c1)O/C(=C\c1ccc(C(C)(C)C)cc1)C2=O. The number of ether oxygens (including phenoxy) is 2. The number of allylic oxidation sites excluding steroid dienone is 1. The van der Waals surface area contributed by atoms with E-state index < -0.39 is 5.41 Å². The molecule has 0 saturated heterocycles. The first-order chi connectivity index (χ1) is 12.9. The molecule has 28 heavy (non-hydrogen) atoms. The highest BCUT2D eigenvalue weighted by Gasteiger charge is 2.29. The maximum Gasteiger partial charge on any atom is 0.316 e. The maximum atomic E-state index is 12.6. The Kier molecular flexibility index (Phi) is 4.92. The molecule has 0 spiro atoms. The predicted octanol–water partition coefficient (Wildman–Crippen LogP) is 5.55. The second-order valence-electron chi connectivity index (χ2n) is 9.11. The fraction of sp³-hybridized carbons (Fsp3) is 0.333. The fourth-order valence-electron chi connectivity index (χ4n) is 2.72. The van der Waals surface area contributed by atoms with E-state index in [4.69, 9.17) is 9.47 Å². The number of Topliss-reactive ketones (excluding diaryl/α,β-unsaturated/α-hetero) is 1. The Morgan fingerprint density at radius 3 is 2.18 bits per heavy atom. The molecular weight excluding hydrogens is 352 g/mol. The Labute approximate surface area is 166 Å². The highest BCUT2D eigenvalue weighted by molar-refractivity contribution is 6.14. The van der Waals surface area contributed by atoms with Gasteiger partial charge in [0.05, 0.1) is 11.0 Å². The molecule has 0 saturated carbocycles. The third-order valence-corrected chi connectivity index (χ3v) is 4.54. The minimum absolute atomic E-state index is 0.0719. The van der Waals surface area contributed by atoms with E-state index in [1.165, 1.54) is 5.56 Å². The number of hydrogen-bond donors (Lipinski definition) is 0. The number of esters is 1. The lowest BCUT2D eigenvalue weighted by Gasteiger charge is -2.18. The van der Waals surface area contributed by atoms with Crippen LogP contribution in [0, 0.1) is 5.41 Å². The van der Waals surface area contributed by atoms with Gasteiger partial charge in [0.1, 0.15) is 11.5 Å². The van der Waals surface area contributed by atoms with E-state index in [0.717, 1.165) is 5.56 Å². The summed E-state index contributed by atoms with van der Waals surface area (Å²) in [7, 11) is 0. The van der Waals surface area contributed by atoms with Crippen molar-refractivity contribution in [1.82, 2.24) is 0 Å². The summed E-state index contributed by atoms with van der Waals surface area (Å²) in [6.07, 6.45) is 1.73. The van der Waals surface area contributed by atoms with Gasteiger partial charge in [-0.15, -0.1) is 0 Å². The van der Waals surface area contributed by atoms with Gasteiger partial charge in [-0.2, -0.15) is 0 Å². The van der Waals surface area contributed by atoms with Crippen LogP contribution in [0.2, 0.25) is 0 Å². The molecule has 0 fully saturated rings. The van der Waals surface area contributed by atoms with Crippen molar-refractivity contribution < 1.29 is 19.1 Å². The standard InChI is InChI=1S/C24H26O4/c1-23(2,3)16-9-7-15(8-10-16)13-20-21(25)18-12-11-17(14-19(18)28-20)27-22(26)24(4,5)6/h7-14H,1-6H3/b20-13-. The van der Waals surface area contributed by atoms with Crippen molar-refractivity contribution in [2.45, 2.75) is 47.0 Å². The van der Waals surface area contributed by atoms with Gasteiger partial charge in [-0.05, 0) is 55.5 Å². The Hall–Kier alpha value is -2.88. The third-order valence-electron chi connectivity index (χ3n) is 4.54. The van der Waals surface area contributed by atoms with E-state index in [-0.39, 0.29) is 22.9 Å². The van der Waals surface area contributed by atoms with Gasteiger partial charge in [-0.1, -0.05) is 45.0 Å². The molecule has 1 aliphatic heterocycles. The van der Waals surface area contributed by atoms with Crippen LogP contribution in [0.25, 0.3) is 6.08 Å². The molecule has 0 amide bonds. The first kappa shape index (κ1) is 19.9. The van der Waals surface area contributed by atoms with Crippen molar-refractivity contribution in [1.29, 1.82) is 0 Å². The van der Waals surface area contributed by atoms with Gasteiger partial charge in [0.2, 0.25) is 5.78 Å². The second-order valence-corrected chi connectivity index (χ2v) is 9.11. The van der Waals surface area contributed by atoms with Crippen molar-refractivity contribution in [2.75, 3.05) is 0 Å². The molecule has 0 atom stereocenters. The number of rotatable bonds is 2. The first-order valence-electron chi connectivity index (χ1n) is 9.36. The van der Waals surface area contributed by atoms with Crippen molar-refractivity contribution in [3.63, 3.8) is 0 Å². The Balaban J connectivity index is 1.81. The summed E-state index contributed by atoms with van der Waals surface area (Å²) in [5, 5.41) is 0. The van der Waals surface area contributed by atoms with Crippen molar-refractivity contribution in [3.8, 4) is 11.5 Å². The summed E-state index contributed by atoms with van der Waals surface area (Å²) in [6.45, 7) is 11.8. The summed E-state index contributed by atoms with van der Waals surface area (Å²) in [5.74, 6) is 0.511. The molecule has 1 aliphatic rings. The van der Waals surface area contributed by atoms with E-state index in [9.17, 15) is 9.59 Å². The number of carbonyl (C=O) groups excluding carboxylic acids is 2. The van der Waals surface area contributed by atoms with E-state index >= 15 is 0 Å². The Morgan fingerprint density at radius 2 is 1.61 bits per heavy atom. The molecule has 146 valence electrons. The van der Waals surface area contributed by atoms with Crippen LogP contribution in [-0.4, -0.2) is 11.8 Å². The van der Waals surface area contributed by atoms with Gasteiger partial charge in [0.15, 0.2) is 5.76 Å². The number of fused-ring (bicyclic) bond motifs is 1. The summed E-state index contributed by atoms with van der Waals surface area (Å²) < 4.78 is 11.1. The molecule has 3 rings (SSSR count). The van der Waals surface area contributed by atoms with Gasteiger partial charge >= 0.3 is 5.97 Å². The number of hydrogen-bond acceptors (Lipinski definition) is 4. The highest BCUT2D eigenvalue weighted by atomic mass is 16.5. The average Bonchev–Trinajstić information content (AvgIpc) is 2.89. The molecular formula is C24H26O4. The topological polar surface area (TPSA) is 52.6 Å². The lowest BCUT2D eigenvalue weighted by molar-refractivity contribution is -0.143. The Bertz CT molecular complexity index is 952. The zero-order chi connectivity index (χ0) is 20.7. The minimum atomic E-state index is -0.611. The van der Waals surface area contributed by atoms with E-state index in [2.05, 4.69) is 32.9 Å². The molecule has 0 aromatic heterocycles. The normalized spacial score (nSPS) is 15.4. The lowest BCUT2D eigenvalue weighted by atomic mass is 9.86. The van der Waals surface area contributed by atoms with Crippen molar-refractivity contribution in [3.05, 3.63) is 64.9 Å². The van der Waals surface area contributed by atoms with Crippen LogP contribution in [0.5, 0.6) is 11.5 Å². The molecule has 4 heteroatoms. The smallest absolute Gasteiger partial charge is 0.316 e. The van der Waals surface area contributed by atoms with Gasteiger partial charge in [-0.3, -0.25) is 9.59 Å². The fourth-order valence-corrected chi connectivity index (χ4v) is 2.72. The molecule has 0 aliphatic carbocycles. The molecule has 0 radical (unpaired) electrons. The summed E-state index contributed by atoms with van der Waals surface area (Å²) in [6, 6.07) is 12.9. The zero-order valence-corrected chi connectivity index (χ0v) is 17.3. The van der Waals surface area contributed by atoms with Gasteiger partial charge in [0.25, 0.3) is 0 Å². The molecule has 0 N–H and O–H groups in total. The third kappa shape index (κ3) is 4.16.